The largest absolute Gasteiger partial charge is 0.393 e. The summed E-state index contributed by atoms with van der Waals surface area (Å²) in [5, 5.41) is 27.3. The van der Waals surface area contributed by atoms with Crippen LogP contribution in [0, 0.1) is 40.4 Å². The lowest BCUT2D eigenvalue weighted by molar-refractivity contribution is -0.203. The van der Waals surface area contributed by atoms with Crippen LogP contribution in [0.25, 0.3) is 6.08 Å². The summed E-state index contributed by atoms with van der Waals surface area (Å²) in [7, 11) is 0. The highest BCUT2D eigenvalue weighted by molar-refractivity contribution is 5.91. The number of ketones is 1. The summed E-state index contributed by atoms with van der Waals surface area (Å²) in [6, 6.07) is 9.75. The number of hydrogen-bond acceptors (Lipinski definition) is 6. The number of aliphatic hydroxyl groups is 2. The molecule has 1 aromatic carbocycles. The van der Waals surface area contributed by atoms with E-state index in [2.05, 4.69) is 37.7 Å². The number of fused-ring (bicyclic) bond motifs is 8. The maximum Gasteiger partial charge on any atom is 0.193 e. The second-order valence-electron chi connectivity index (χ2n) is 15.5. The Morgan fingerprint density at radius 2 is 1.91 bits per heavy atom. The highest BCUT2D eigenvalue weighted by Gasteiger charge is 2.76. The minimum absolute atomic E-state index is 0.0854. The van der Waals surface area contributed by atoms with E-state index in [-0.39, 0.29) is 29.0 Å². The molecule has 2 aromatic rings. The average Bonchev–Trinajstić information content (AvgIpc) is 3.78. The van der Waals surface area contributed by atoms with Gasteiger partial charge in [0.15, 0.2) is 17.7 Å². The highest BCUT2D eigenvalue weighted by atomic mass is 16.7. The molecule has 5 fully saturated rings. The van der Waals surface area contributed by atoms with Gasteiger partial charge in [0.1, 0.15) is 6.61 Å². The minimum Gasteiger partial charge on any atom is -0.393 e. The van der Waals surface area contributed by atoms with Gasteiger partial charge in [-0.05, 0) is 91.6 Å². The molecule has 7 nitrogen and oxygen atoms in total. The van der Waals surface area contributed by atoms with Crippen molar-refractivity contribution in [1.82, 2.24) is 9.78 Å². The maximum atomic E-state index is 13.8. The molecule has 7 heteroatoms. The third-order valence-corrected chi connectivity index (χ3v) is 13.5. The van der Waals surface area contributed by atoms with Crippen molar-refractivity contribution in [3.05, 3.63) is 58.9 Å². The second kappa shape index (κ2) is 10.3. The van der Waals surface area contributed by atoms with Crippen molar-refractivity contribution in [2.24, 2.45) is 40.4 Å². The van der Waals surface area contributed by atoms with Crippen LogP contribution in [0.2, 0.25) is 0 Å². The van der Waals surface area contributed by atoms with E-state index in [1.807, 2.05) is 30.3 Å². The molecule has 236 valence electrons. The topological polar surface area (TPSA) is 93.8 Å². The first-order chi connectivity index (χ1) is 21.2. The third kappa shape index (κ3) is 3.94. The monoisotopic (exact) mass is 600 g/mol. The molecule has 44 heavy (non-hydrogen) atoms. The summed E-state index contributed by atoms with van der Waals surface area (Å²) < 4.78 is 15.5. The quantitative estimate of drug-likeness (QED) is 0.430. The lowest BCUT2D eigenvalue weighted by atomic mass is 9.45. The Morgan fingerprint density at radius 1 is 1.11 bits per heavy atom. The van der Waals surface area contributed by atoms with Crippen molar-refractivity contribution < 1.29 is 24.5 Å². The van der Waals surface area contributed by atoms with Crippen LogP contribution in [0.5, 0.6) is 0 Å². The number of nitrogens with zero attached hydrogens (tertiary/aromatic N) is 2. The lowest BCUT2D eigenvalue weighted by Gasteiger charge is -2.60. The van der Waals surface area contributed by atoms with E-state index in [0.717, 1.165) is 37.3 Å². The van der Waals surface area contributed by atoms with E-state index in [4.69, 9.17) is 14.6 Å². The molecule has 1 aromatic heterocycles. The van der Waals surface area contributed by atoms with Gasteiger partial charge in [-0.2, -0.15) is 5.10 Å². The molecule has 1 saturated heterocycles. The molecule has 6 aliphatic rings. The molecule has 2 N–H and O–H groups in total. The number of aromatic nitrogens is 2. The fourth-order valence-electron chi connectivity index (χ4n) is 11.5. The Kier molecular flexibility index (Phi) is 6.84. The van der Waals surface area contributed by atoms with Gasteiger partial charge in [0, 0.05) is 17.5 Å². The number of ether oxygens (including phenoxy) is 2. The standard InChI is InChI=1S/C37H48N2O5/c1-4-22-10-11-23(14-22)20-39-29-15-26-12-13-27-28-16-32-37(31(42)21-40,44-34(43-32)24-8-6-5-7-9-24)36(28,3)18-30(41)33(27)35(26,2)17-25(29)19-38-39/h5-9,15,19,22-23,27-28,30,32-34,40-41H,4,10-14,16-18,20-21H2,1-3H3/t22?,23?,27-,28-,30-,32+,33?,34?,35-,36-,37+/m0/s1. The van der Waals surface area contributed by atoms with Gasteiger partial charge in [-0.15, -0.1) is 0 Å². The van der Waals surface area contributed by atoms with E-state index in [1.165, 1.54) is 42.5 Å². The Morgan fingerprint density at radius 3 is 2.66 bits per heavy atom. The molecule has 2 heterocycles. The van der Waals surface area contributed by atoms with Gasteiger partial charge in [-0.1, -0.05) is 69.5 Å². The van der Waals surface area contributed by atoms with Crippen molar-refractivity contribution in [3.63, 3.8) is 0 Å². The van der Waals surface area contributed by atoms with Gasteiger partial charge in [0.2, 0.25) is 0 Å². The van der Waals surface area contributed by atoms with Gasteiger partial charge in [-0.25, -0.2) is 0 Å². The lowest BCUT2D eigenvalue weighted by Crippen LogP contribution is -2.63. The van der Waals surface area contributed by atoms with Crippen molar-refractivity contribution in [1.29, 1.82) is 0 Å². The third-order valence-electron chi connectivity index (χ3n) is 13.5. The Balaban J connectivity index is 1.09. The van der Waals surface area contributed by atoms with E-state index in [0.29, 0.717) is 18.8 Å². The van der Waals surface area contributed by atoms with Crippen LogP contribution in [0.15, 0.2) is 42.1 Å². The van der Waals surface area contributed by atoms with Crippen LogP contribution in [0.1, 0.15) is 95.2 Å². The zero-order chi connectivity index (χ0) is 30.4. The van der Waals surface area contributed by atoms with E-state index in [1.54, 1.807) is 0 Å². The van der Waals surface area contributed by atoms with Crippen LogP contribution in [-0.2, 0) is 27.2 Å². The van der Waals surface area contributed by atoms with Crippen molar-refractivity contribution >= 4 is 11.9 Å². The van der Waals surface area contributed by atoms with Crippen molar-refractivity contribution in [2.75, 3.05) is 6.61 Å². The number of Topliss-reactive ketones (excluding diaryl/α,β-unsaturated/α-hetero) is 1. The second-order valence-corrected chi connectivity index (χ2v) is 15.5. The van der Waals surface area contributed by atoms with Gasteiger partial charge < -0.3 is 19.7 Å². The molecular weight excluding hydrogens is 552 g/mol. The summed E-state index contributed by atoms with van der Waals surface area (Å²) in [6.45, 7) is 7.23. The van der Waals surface area contributed by atoms with Crippen LogP contribution in [0.3, 0.4) is 0 Å². The summed E-state index contributed by atoms with van der Waals surface area (Å²) >= 11 is 0. The molecule has 8 rings (SSSR count). The van der Waals surface area contributed by atoms with Gasteiger partial charge in [0.25, 0.3) is 0 Å². The number of hydrogen-bond donors (Lipinski definition) is 2. The number of carbonyl (C=O) groups excluding carboxylic acids is 1. The Labute approximate surface area is 261 Å². The summed E-state index contributed by atoms with van der Waals surface area (Å²) in [6.07, 6.45) is 12.1. The highest BCUT2D eigenvalue weighted by Crippen LogP contribution is 2.70. The maximum absolute atomic E-state index is 13.8. The van der Waals surface area contributed by atoms with Crippen LogP contribution >= 0.6 is 0 Å². The molecule has 1 aliphatic heterocycles. The first-order valence-corrected chi connectivity index (χ1v) is 17.2. The number of allylic oxidation sites excluding steroid dienone is 1. The predicted octanol–water partition coefficient (Wildman–Crippen LogP) is 5.89. The zero-order valence-electron chi connectivity index (χ0n) is 26.5. The normalized spacial score (nSPS) is 43.9. The van der Waals surface area contributed by atoms with E-state index < -0.39 is 36.1 Å². The zero-order valence-corrected chi connectivity index (χ0v) is 26.5. The molecule has 4 unspecified atom stereocenters. The van der Waals surface area contributed by atoms with Crippen molar-refractivity contribution in [2.45, 2.75) is 109 Å². The van der Waals surface area contributed by atoms with Gasteiger partial charge in [0.05, 0.1) is 24.1 Å². The smallest absolute Gasteiger partial charge is 0.193 e. The summed E-state index contributed by atoms with van der Waals surface area (Å²) in [5.41, 5.74) is 2.83. The predicted molar refractivity (Wildman–Crippen MR) is 166 cm³/mol. The molecule has 0 radical (unpaired) electrons. The van der Waals surface area contributed by atoms with Gasteiger partial charge in [-0.3, -0.25) is 9.48 Å². The summed E-state index contributed by atoms with van der Waals surface area (Å²) in [5.74, 6) is 1.74. The first-order valence-electron chi connectivity index (χ1n) is 17.2. The molecule has 0 amide bonds. The van der Waals surface area contributed by atoms with Gasteiger partial charge >= 0.3 is 0 Å². The molecule has 5 aliphatic carbocycles. The molecular formula is C37H48N2O5. The van der Waals surface area contributed by atoms with Crippen LogP contribution < -0.4 is 0 Å². The van der Waals surface area contributed by atoms with E-state index >= 15 is 0 Å². The van der Waals surface area contributed by atoms with Crippen LogP contribution in [0.4, 0.5) is 0 Å². The fourth-order valence-corrected chi connectivity index (χ4v) is 11.5. The van der Waals surface area contributed by atoms with Crippen LogP contribution in [-0.4, -0.2) is 50.2 Å². The van der Waals surface area contributed by atoms with E-state index in [9.17, 15) is 15.0 Å². The van der Waals surface area contributed by atoms with Crippen molar-refractivity contribution in [3.8, 4) is 0 Å². The summed E-state index contributed by atoms with van der Waals surface area (Å²) in [4.78, 5) is 13.8. The number of aliphatic hydroxyl groups excluding tert-OH is 2. The molecule has 4 saturated carbocycles. The number of benzene rings is 1. The fraction of sp³-hybridized carbons (Fsp3) is 0.676. The SMILES string of the molecule is CCC1CCC(Cn2ncc3c2C=C2CC[C@@H]4C([C@@H](O)C[C@@]5(C)[C@H]4C[C@H]4OC(c6ccccc6)O[C@]45C(=O)CO)[C@@]2(C)C3)C1. The Hall–Kier alpha value is -2.32. The minimum atomic E-state index is -1.27. The first kappa shape index (κ1) is 29.1. The Bertz CT molecular complexity index is 1470. The molecule has 0 bridgehead atoms. The number of rotatable bonds is 6. The average molecular weight is 601 g/mol. The number of carbonyl (C=O) groups is 1. The molecule has 0 spiro atoms. The molecule has 11 atom stereocenters.